The van der Waals surface area contributed by atoms with E-state index in [0.717, 1.165) is 5.75 Å². The second kappa shape index (κ2) is 7.74. The number of cyclic esters (lactones) is 1. The van der Waals surface area contributed by atoms with Crippen molar-refractivity contribution >= 4 is 17.9 Å². The third-order valence-electron chi connectivity index (χ3n) is 3.77. The molecular formula is C20H19NO5. The van der Waals surface area contributed by atoms with Crippen molar-refractivity contribution in [1.82, 2.24) is 0 Å². The molecule has 0 amide bonds. The first-order valence-corrected chi connectivity index (χ1v) is 8.12. The maximum atomic E-state index is 12.2. The van der Waals surface area contributed by atoms with Gasteiger partial charge in [-0.1, -0.05) is 0 Å². The Kier molecular flexibility index (Phi) is 5.22. The fourth-order valence-corrected chi connectivity index (χ4v) is 2.48. The quantitative estimate of drug-likeness (QED) is 0.588. The van der Waals surface area contributed by atoms with E-state index in [2.05, 4.69) is 4.99 Å². The van der Waals surface area contributed by atoms with E-state index in [-0.39, 0.29) is 11.6 Å². The van der Waals surface area contributed by atoms with Crippen LogP contribution in [-0.2, 0) is 9.53 Å². The number of rotatable bonds is 6. The molecule has 0 radical (unpaired) electrons. The Morgan fingerprint density at radius 3 is 2.42 bits per heavy atom. The van der Waals surface area contributed by atoms with Crippen molar-refractivity contribution in [2.75, 3.05) is 20.8 Å². The van der Waals surface area contributed by atoms with Crippen molar-refractivity contribution in [1.29, 1.82) is 0 Å². The molecular weight excluding hydrogens is 334 g/mol. The number of methoxy groups -OCH3 is 2. The second-order valence-corrected chi connectivity index (χ2v) is 5.40. The third-order valence-corrected chi connectivity index (χ3v) is 3.77. The molecule has 2 aromatic rings. The average molecular weight is 353 g/mol. The van der Waals surface area contributed by atoms with Crippen LogP contribution in [0.3, 0.4) is 0 Å². The molecule has 0 bridgehead atoms. The topological polar surface area (TPSA) is 66.3 Å². The predicted molar refractivity (Wildman–Crippen MR) is 97.8 cm³/mol. The van der Waals surface area contributed by atoms with Gasteiger partial charge in [-0.3, -0.25) is 0 Å². The second-order valence-electron chi connectivity index (χ2n) is 5.40. The lowest BCUT2D eigenvalue weighted by atomic mass is 10.1. The molecule has 6 nitrogen and oxygen atoms in total. The van der Waals surface area contributed by atoms with Gasteiger partial charge >= 0.3 is 5.97 Å². The summed E-state index contributed by atoms with van der Waals surface area (Å²) < 4.78 is 21.2. The zero-order chi connectivity index (χ0) is 18.5. The molecule has 1 heterocycles. The van der Waals surface area contributed by atoms with Crippen molar-refractivity contribution in [3.63, 3.8) is 0 Å². The number of hydrogen-bond acceptors (Lipinski definition) is 6. The lowest BCUT2D eigenvalue weighted by Crippen LogP contribution is -2.05. The molecule has 1 aliphatic heterocycles. The highest BCUT2D eigenvalue weighted by Gasteiger charge is 2.24. The van der Waals surface area contributed by atoms with E-state index in [4.69, 9.17) is 18.9 Å². The highest BCUT2D eigenvalue weighted by atomic mass is 16.6. The number of esters is 1. The number of ether oxygens (including phenoxy) is 4. The Morgan fingerprint density at radius 1 is 1.04 bits per heavy atom. The van der Waals surface area contributed by atoms with E-state index < -0.39 is 5.97 Å². The SMILES string of the molecule is CCOc1ccc(C2=N/C(=C\c3ccc(OC)cc3OC)C(=O)O2)cc1. The summed E-state index contributed by atoms with van der Waals surface area (Å²) in [7, 11) is 3.13. The Morgan fingerprint density at radius 2 is 1.77 bits per heavy atom. The Balaban J connectivity index is 1.89. The molecule has 1 aliphatic rings. The van der Waals surface area contributed by atoms with Crippen LogP contribution in [0.2, 0.25) is 0 Å². The van der Waals surface area contributed by atoms with Crippen molar-refractivity contribution < 1.29 is 23.7 Å². The first kappa shape index (κ1) is 17.5. The number of hydrogen-bond donors (Lipinski definition) is 0. The third kappa shape index (κ3) is 3.69. The summed E-state index contributed by atoms with van der Waals surface area (Å²) in [5.74, 6) is 1.74. The highest BCUT2D eigenvalue weighted by molar-refractivity contribution is 6.13. The van der Waals surface area contributed by atoms with Crippen LogP contribution in [0.15, 0.2) is 53.2 Å². The molecule has 2 aromatic carbocycles. The molecule has 3 rings (SSSR count). The van der Waals surface area contributed by atoms with E-state index in [1.54, 1.807) is 50.6 Å². The van der Waals surface area contributed by atoms with Crippen LogP contribution in [0.4, 0.5) is 0 Å². The van der Waals surface area contributed by atoms with E-state index >= 15 is 0 Å². The van der Waals surface area contributed by atoms with Crippen molar-refractivity contribution in [2.24, 2.45) is 4.99 Å². The summed E-state index contributed by atoms with van der Waals surface area (Å²) in [5.41, 5.74) is 1.61. The van der Waals surface area contributed by atoms with Crippen LogP contribution in [0.1, 0.15) is 18.1 Å². The molecule has 0 unspecified atom stereocenters. The van der Waals surface area contributed by atoms with Gasteiger partial charge in [0.2, 0.25) is 5.90 Å². The van der Waals surface area contributed by atoms with Crippen molar-refractivity contribution in [3.05, 3.63) is 59.3 Å². The molecule has 0 saturated heterocycles. The summed E-state index contributed by atoms with van der Waals surface area (Å²) in [6, 6.07) is 12.5. The van der Waals surface area contributed by atoms with Gasteiger partial charge in [0.1, 0.15) is 17.2 Å². The van der Waals surface area contributed by atoms with Crippen LogP contribution in [0, 0.1) is 0 Å². The molecule has 134 valence electrons. The zero-order valence-electron chi connectivity index (χ0n) is 14.8. The van der Waals surface area contributed by atoms with Gasteiger partial charge in [-0.2, -0.15) is 0 Å². The molecule has 0 fully saturated rings. The first-order chi connectivity index (χ1) is 12.6. The molecule has 0 N–H and O–H groups in total. The maximum absolute atomic E-state index is 12.2. The van der Waals surface area contributed by atoms with E-state index in [0.29, 0.717) is 29.2 Å². The van der Waals surface area contributed by atoms with Crippen LogP contribution in [-0.4, -0.2) is 32.7 Å². The van der Waals surface area contributed by atoms with Crippen LogP contribution < -0.4 is 14.2 Å². The number of nitrogens with zero attached hydrogens (tertiary/aromatic N) is 1. The number of benzene rings is 2. The van der Waals surface area contributed by atoms with Gasteiger partial charge in [0.25, 0.3) is 0 Å². The summed E-state index contributed by atoms with van der Waals surface area (Å²) in [5, 5.41) is 0. The smallest absolute Gasteiger partial charge is 0.363 e. The highest BCUT2D eigenvalue weighted by Crippen LogP contribution is 2.28. The first-order valence-electron chi connectivity index (χ1n) is 8.12. The minimum absolute atomic E-state index is 0.206. The largest absolute Gasteiger partial charge is 0.497 e. The van der Waals surface area contributed by atoms with Gasteiger partial charge in [-0.15, -0.1) is 0 Å². The fourth-order valence-electron chi connectivity index (χ4n) is 2.48. The lowest BCUT2D eigenvalue weighted by Gasteiger charge is -2.07. The van der Waals surface area contributed by atoms with E-state index in [1.807, 2.05) is 19.1 Å². The summed E-state index contributed by atoms with van der Waals surface area (Å²) >= 11 is 0. The van der Waals surface area contributed by atoms with Gasteiger partial charge in [-0.05, 0) is 49.4 Å². The van der Waals surface area contributed by atoms with Crippen LogP contribution in [0.25, 0.3) is 6.08 Å². The van der Waals surface area contributed by atoms with Crippen LogP contribution >= 0.6 is 0 Å². The maximum Gasteiger partial charge on any atom is 0.363 e. The number of carbonyl (C=O) groups excluding carboxylic acids is 1. The van der Waals surface area contributed by atoms with Gasteiger partial charge in [0.15, 0.2) is 5.70 Å². The molecule has 0 aromatic heterocycles. The average Bonchev–Trinajstić information content (AvgIpc) is 3.03. The molecule has 0 aliphatic carbocycles. The van der Waals surface area contributed by atoms with Crippen molar-refractivity contribution in [3.8, 4) is 17.2 Å². The molecule has 0 spiro atoms. The van der Waals surface area contributed by atoms with Gasteiger partial charge < -0.3 is 18.9 Å². The lowest BCUT2D eigenvalue weighted by molar-refractivity contribution is -0.129. The Labute approximate surface area is 151 Å². The minimum atomic E-state index is -0.508. The van der Waals surface area contributed by atoms with E-state index in [1.165, 1.54) is 0 Å². The molecule has 6 heteroatoms. The van der Waals surface area contributed by atoms with Gasteiger partial charge in [0, 0.05) is 17.2 Å². The summed E-state index contributed by atoms with van der Waals surface area (Å²) in [6.07, 6.45) is 1.63. The van der Waals surface area contributed by atoms with Crippen molar-refractivity contribution in [2.45, 2.75) is 6.92 Å². The molecule has 0 saturated carbocycles. The van der Waals surface area contributed by atoms with Crippen LogP contribution in [0.5, 0.6) is 17.2 Å². The Hall–Kier alpha value is -3.28. The molecule has 0 atom stereocenters. The van der Waals surface area contributed by atoms with E-state index in [9.17, 15) is 4.79 Å². The fraction of sp³-hybridized carbons (Fsp3) is 0.200. The molecule has 26 heavy (non-hydrogen) atoms. The number of carbonyl (C=O) groups is 1. The standard InChI is InChI=1S/C20H19NO5/c1-4-25-15-8-5-13(6-9-15)19-21-17(20(22)26-19)11-14-7-10-16(23-2)12-18(14)24-3/h5-12H,4H2,1-3H3/b17-11-. The minimum Gasteiger partial charge on any atom is -0.497 e. The monoisotopic (exact) mass is 353 g/mol. The normalized spacial score (nSPS) is 14.8. The predicted octanol–water partition coefficient (Wildman–Crippen LogP) is 3.45. The zero-order valence-corrected chi connectivity index (χ0v) is 14.8. The van der Waals surface area contributed by atoms with Gasteiger partial charge in [-0.25, -0.2) is 9.79 Å². The summed E-state index contributed by atoms with van der Waals surface area (Å²) in [4.78, 5) is 16.5. The van der Waals surface area contributed by atoms with Gasteiger partial charge in [0.05, 0.1) is 20.8 Å². The Bertz CT molecular complexity index is 868. The summed E-state index contributed by atoms with van der Waals surface area (Å²) in [6.45, 7) is 2.51. The number of aliphatic imine (C=N–C) groups is 1.